The van der Waals surface area contributed by atoms with E-state index in [1.807, 2.05) is 33.8 Å². The first kappa shape index (κ1) is 19.7. The highest BCUT2D eigenvalue weighted by Gasteiger charge is 2.43. The van der Waals surface area contributed by atoms with Crippen LogP contribution in [0.2, 0.25) is 0 Å². The van der Waals surface area contributed by atoms with E-state index in [1.54, 1.807) is 24.3 Å². The van der Waals surface area contributed by atoms with Crippen LogP contribution in [0.15, 0.2) is 35.9 Å². The smallest absolute Gasteiger partial charge is 0.262 e. The van der Waals surface area contributed by atoms with Gasteiger partial charge in [0.25, 0.3) is 11.8 Å². The van der Waals surface area contributed by atoms with Gasteiger partial charge in [0.05, 0.1) is 29.4 Å². The molecule has 2 amide bonds. The van der Waals surface area contributed by atoms with E-state index in [2.05, 4.69) is 0 Å². The Morgan fingerprint density at radius 2 is 1.63 bits per heavy atom. The normalized spacial score (nSPS) is 25.1. The lowest BCUT2D eigenvalue weighted by Crippen LogP contribution is -2.49. The molecule has 0 aliphatic carbocycles. The quantitative estimate of drug-likeness (QED) is 0.417. The maximum absolute atomic E-state index is 12.8. The maximum Gasteiger partial charge on any atom is 0.262 e. The number of nitrogens with zero attached hydrogens (tertiary/aromatic N) is 1. The summed E-state index contributed by atoms with van der Waals surface area (Å²) in [6.07, 6.45) is 1.72. The van der Waals surface area contributed by atoms with Gasteiger partial charge >= 0.3 is 0 Å². The molecule has 146 valence electrons. The summed E-state index contributed by atoms with van der Waals surface area (Å²) in [5.41, 5.74) is 1.88. The lowest BCUT2D eigenvalue weighted by Gasteiger charge is -2.37. The standard InChI is InChI=1S/C21H27NO5/c1-5-25-19(26-6-2)12-18-13(3)11-17(14(4)27-18)22-20(23)15-9-7-8-10-16(15)21(22)24/h7-11,14,17-19H,5-6,12H2,1-4H3. The number of ether oxygens (including phenoxy) is 3. The summed E-state index contributed by atoms with van der Waals surface area (Å²) in [7, 11) is 0. The summed E-state index contributed by atoms with van der Waals surface area (Å²) in [6, 6.07) is 6.50. The van der Waals surface area contributed by atoms with Crippen molar-refractivity contribution in [2.24, 2.45) is 0 Å². The summed E-state index contributed by atoms with van der Waals surface area (Å²) in [5, 5.41) is 0. The van der Waals surface area contributed by atoms with Gasteiger partial charge in [0.2, 0.25) is 0 Å². The number of rotatable bonds is 7. The average Bonchev–Trinajstić information content (AvgIpc) is 2.90. The highest BCUT2D eigenvalue weighted by atomic mass is 16.7. The highest BCUT2D eigenvalue weighted by Crippen LogP contribution is 2.32. The van der Waals surface area contributed by atoms with Crippen molar-refractivity contribution in [3.8, 4) is 0 Å². The number of hydrogen-bond donors (Lipinski definition) is 0. The topological polar surface area (TPSA) is 65.1 Å². The first-order chi connectivity index (χ1) is 13.0. The van der Waals surface area contributed by atoms with Crippen LogP contribution in [-0.2, 0) is 14.2 Å². The Kier molecular flexibility index (Phi) is 6.09. The third-order valence-corrected chi connectivity index (χ3v) is 5.04. The molecule has 27 heavy (non-hydrogen) atoms. The van der Waals surface area contributed by atoms with Crippen molar-refractivity contribution in [1.82, 2.24) is 4.90 Å². The zero-order chi connectivity index (χ0) is 19.6. The van der Waals surface area contributed by atoms with Crippen molar-refractivity contribution in [2.75, 3.05) is 13.2 Å². The number of benzene rings is 1. The van der Waals surface area contributed by atoms with Crippen LogP contribution in [0.4, 0.5) is 0 Å². The van der Waals surface area contributed by atoms with Gasteiger partial charge in [-0.05, 0) is 45.4 Å². The molecule has 0 N–H and O–H groups in total. The maximum atomic E-state index is 12.8. The molecular formula is C21H27NO5. The molecule has 6 heteroatoms. The molecule has 0 saturated heterocycles. The average molecular weight is 373 g/mol. The molecule has 3 atom stereocenters. The molecule has 2 aliphatic rings. The van der Waals surface area contributed by atoms with Gasteiger partial charge in [0.15, 0.2) is 6.29 Å². The summed E-state index contributed by atoms with van der Waals surface area (Å²) in [4.78, 5) is 26.9. The number of carbonyl (C=O) groups excluding carboxylic acids is 2. The Morgan fingerprint density at radius 3 is 2.15 bits per heavy atom. The van der Waals surface area contributed by atoms with Gasteiger partial charge in [-0.25, -0.2) is 0 Å². The second kappa shape index (κ2) is 8.33. The Hall–Kier alpha value is -2.02. The molecule has 0 fully saturated rings. The molecule has 0 saturated carbocycles. The van der Waals surface area contributed by atoms with E-state index in [9.17, 15) is 9.59 Å². The predicted octanol–water partition coefficient (Wildman–Crippen LogP) is 3.17. The summed E-state index contributed by atoms with van der Waals surface area (Å²) in [6.45, 7) is 8.83. The summed E-state index contributed by atoms with van der Waals surface area (Å²) < 4.78 is 17.4. The van der Waals surface area contributed by atoms with E-state index in [1.165, 1.54) is 4.90 Å². The molecule has 2 aliphatic heterocycles. The lowest BCUT2D eigenvalue weighted by atomic mass is 9.97. The number of carbonyl (C=O) groups is 2. The van der Waals surface area contributed by atoms with Crippen molar-refractivity contribution in [3.63, 3.8) is 0 Å². The zero-order valence-corrected chi connectivity index (χ0v) is 16.3. The van der Waals surface area contributed by atoms with Crippen molar-refractivity contribution in [3.05, 3.63) is 47.0 Å². The van der Waals surface area contributed by atoms with Crippen LogP contribution >= 0.6 is 0 Å². The minimum atomic E-state index is -0.425. The van der Waals surface area contributed by atoms with Gasteiger partial charge in [-0.2, -0.15) is 0 Å². The monoisotopic (exact) mass is 373 g/mol. The van der Waals surface area contributed by atoms with Gasteiger partial charge in [-0.3, -0.25) is 14.5 Å². The van der Waals surface area contributed by atoms with Gasteiger partial charge in [0, 0.05) is 19.6 Å². The van der Waals surface area contributed by atoms with Crippen molar-refractivity contribution in [1.29, 1.82) is 0 Å². The SMILES string of the molecule is CCOC(CC1OC(C)C(N2C(=O)c3ccccc3C2=O)C=C1C)OCC. The van der Waals surface area contributed by atoms with Crippen molar-refractivity contribution >= 4 is 11.8 Å². The predicted molar refractivity (Wildman–Crippen MR) is 100 cm³/mol. The van der Waals surface area contributed by atoms with Crippen LogP contribution < -0.4 is 0 Å². The second-order valence-electron chi connectivity index (χ2n) is 6.83. The largest absolute Gasteiger partial charge is 0.368 e. The first-order valence-corrected chi connectivity index (χ1v) is 9.51. The zero-order valence-electron chi connectivity index (χ0n) is 16.3. The van der Waals surface area contributed by atoms with E-state index >= 15 is 0 Å². The molecule has 0 bridgehead atoms. The molecule has 1 aromatic rings. The third-order valence-electron chi connectivity index (χ3n) is 5.04. The van der Waals surface area contributed by atoms with Gasteiger partial charge < -0.3 is 14.2 Å². The third kappa shape index (κ3) is 3.83. The number of hydrogen-bond acceptors (Lipinski definition) is 5. The number of amides is 2. The van der Waals surface area contributed by atoms with E-state index in [-0.39, 0.29) is 30.3 Å². The molecule has 3 rings (SSSR count). The number of fused-ring (bicyclic) bond motifs is 1. The summed E-state index contributed by atoms with van der Waals surface area (Å²) >= 11 is 0. The summed E-state index contributed by atoms with van der Waals surface area (Å²) in [5.74, 6) is -0.528. The molecule has 3 unspecified atom stereocenters. The number of imide groups is 1. The fraction of sp³-hybridized carbons (Fsp3) is 0.524. The molecular weight excluding hydrogens is 346 g/mol. The van der Waals surface area contributed by atoms with Crippen molar-refractivity contribution in [2.45, 2.75) is 58.7 Å². The van der Waals surface area contributed by atoms with Crippen LogP contribution in [0, 0.1) is 0 Å². The van der Waals surface area contributed by atoms with E-state index in [0.717, 1.165) is 5.57 Å². The molecule has 0 aromatic heterocycles. The minimum Gasteiger partial charge on any atom is -0.368 e. The molecule has 6 nitrogen and oxygen atoms in total. The fourth-order valence-electron chi connectivity index (χ4n) is 3.69. The van der Waals surface area contributed by atoms with E-state index in [4.69, 9.17) is 14.2 Å². The molecule has 0 spiro atoms. The van der Waals surface area contributed by atoms with Gasteiger partial charge in [-0.1, -0.05) is 18.2 Å². The highest BCUT2D eigenvalue weighted by molar-refractivity contribution is 6.21. The first-order valence-electron chi connectivity index (χ1n) is 9.51. The van der Waals surface area contributed by atoms with Gasteiger partial charge in [-0.15, -0.1) is 0 Å². The Morgan fingerprint density at radius 1 is 1.07 bits per heavy atom. The van der Waals surface area contributed by atoms with Crippen LogP contribution in [-0.4, -0.2) is 54.5 Å². The van der Waals surface area contributed by atoms with E-state index in [0.29, 0.717) is 30.8 Å². The van der Waals surface area contributed by atoms with Gasteiger partial charge in [0.1, 0.15) is 0 Å². The molecule has 2 heterocycles. The minimum absolute atomic E-state index is 0.172. The van der Waals surface area contributed by atoms with Crippen LogP contribution in [0.3, 0.4) is 0 Å². The van der Waals surface area contributed by atoms with Crippen LogP contribution in [0.5, 0.6) is 0 Å². The Labute approximate surface area is 160 Å². The van der Waals surface area contributed by atoms with Crippen molar-refractivity contribution < 1.29 is 23.8 Å². The Bertz CT molecular complexity index is 703. The molecule has 0 radical (unpaired) electrons. The van der Waals surface area contributed by atoms with Crippen LogP contribution in [0.1, 0.15) is 54.8 Å². The van der Waals surface area contributed by atoms with Crippen LogP contribution in [0.25, 0.3) is 0 Å². The Balaban J connectivity index is 1.79. The van der Waals surface area contributed by atoms with E-state index < -0.39 is 6.04 Å². The fourth-order valence-corrected chi connectivity index (χ4v) is 3.69. The second-order valence-corrected chi connectivity index (χ2v) is 6.83. The lowest BCUT2D eigenvalue weighted by molar-refractivity contribution is -0.161. The molecule has 1 aromatic carbocycles.